The number of ether oxygens (including phenoxy) is 1. The molecule has 0 saturated carbocycles. The smallest absolute Gasteiger partial charge is 0.244 e. The van der Waals surface area contributed by atoms with Crippen LogP contribution in [-0.4, -0.2) is 22.6 Å². The van der Waals surface area contributed by atoms with Gasteiger partial charge in [-0.05, 0) is 64.1 Å². The van der Waals surface area contributed by atoms with E-state index in [0.29, 0.717) is 12.3 Å². The van der Waals surface area contributed by atoms with Crippen molar-refractivity contribution >= 4 is 34.6 Å². The number of benzene rings is 2. The van der Waals surface area contributed by atoms with Gasteiger partial charge in [0.05, 0.1) is 19.1 Å². The van der Waals surface area contributed by atoms with Gasteiger partial charge >= 0.3 is 0 Å². The molecule has 0 unspecified atom stereocenters. The average molecular weight is 459 g/mol. The monoisotopic (exact) mass is 459 g/mol. The second kappa shape index (κ2) is 8.66. The summed E-state index contributed by atoms with van der Waals surface area (Å²) in [6.45, 7) is 0.503. The molecule has 1 heterocycles. The number of hydrogen-bond acceptors (Lipinski definition) is 3. The van der Waals surface area contributed by atoms with Crippen LogP contribution in [0, 0.1) is 3.57 Å². The van der Waals surface area contributed by atoms with Gasteiger partial charge in [0.1, 0.15) is 5.75 Å². The van der Waals surface area contributed by atoms with Crippen molar-refractivity contribution in [1.82, 2.24) is 14.9 Å². The Hall–Kier alpha value is -2.61. The van der Waals surface area contributed by atoms with E-state index >= 15 is 0 Å². The van der Waals surface area contributed by atoms with E-state index in [9.17, 15) is 4.79 Å². The summed E-state index contributed by atoms with van der Waals surface area (Å²) in [4.78, 5) is 16.1. The van der Waals surface area contributed by atoms with Gasteiger partial charge in [-0.2, -0.15) is 0 Å². The van der Waals surface area contributed by atoms with Gasteiger partial charge in [0.2, 0.25) is 5.91 Å². The molecular weight excluding hydrogens is 441 g/mol. The van der Waals surface area contributed by atoms with Crippen molar-refractivity contribution in [2.75, 3.05) is 7.11 Å². The lowest BCUT2D eigenvalue weighted by Crippen LogP contribution is -2.20. The van der Waals surface area contributed by atoms with Crippen molar-refractivity contribution in [3.63, 3.8) is 0 Å². The molecule has 0 aliphatic carbocycles. The number of aromatic nitrogens is 2. The highest BCUT2D eigenvalue weighted by Crippen LogP contribution is 2.24. The highest BCUT2D eigenvalue weighted by Gasteiger charge is 2.05. The molecule has 0 aliphatic heterocycles. The standard InChI is InChI=1S/C20H18IN3O2/c1-26-19-12-15(5-7-18(19)24-10-9-22-14-24)6-8-20(25)23-13-16-3-2-4-17(21)11-16/h2-12,14H,13H2,1H3,(H,23,25)/b8-6+. The summed E-state index contributed by atoms with van der Waals surface area (Å²) in [6, 6.07) is 13.8. The molecule has 26 heavy (non-hydrogen) atoms. The van der Waals surface area contributed by atoms with Crippen molar-refractivity contribution in [2.45, 2.75) is 6.54 Å². The van der Waals surface area contributed by atoms with Gasteiger partial charge < -0.3 is 14.6 Å². The first kappa shape index (κ1) is 18.2. The first-order chi connectivity index (χ1) is 12.7. The molecule has 5 nitrogen and oxygen atoms in total. The fourth-order valence-electron chi connectivity index (χ4n) is 2.48. The first-order valence-corrected chi connectivity index (χ1v) is 9.10. The predicted octanol–water partition coefficient (Wildman–Crippen LogP) is 3.82. The molecule has 6 heteroatoms. The maximum absolute atomic E-state index is 12.0. The van der Waals surface area contributed by atoms with Crippen LogP contribution in [0.2, 0.25) is 0 Å². The molecule has 0 radical (unpaired) electrons. The van der Waals surface area contributed by atoms with Crippen molar-refractivity contribution in [2.24, 2.45) is 0 Å². The summed E-state index contributed by atoms with van der Waals surface area (Å²) in [5, 5.41) is 2.89. The van der Waals surface area contributed by atoms with Crippen LogP contribution in [0.3, 0.4) is 0 Å². The van der Waals surface area contributed by atoms with Crippen molar-refractivity contribution < 1.29 is 9.53 Å². The Morgan fingerprint density at radius 3 is 2.92 bits per heavy atom. The third-order valence-corrected chi connectivity index (χ3v) is 4.44. The lowest BCUT2D eigenvalue weighted by atomic mass is 10.1. The third kappa shape index (κ3) is 4.72. The number of amides is 1. The number of imidazole rings is 1. The van der Waals surface area contributed by atoms with Crippen LogP contribution in [0.25, 0.3) is 11.8 Å². The molecule has 2 aromatic carbocycles. The second-order valence-electron chi connectivity index (χ2n) is 5.58. The molecule has 3 rings (SSSR count). The molecule has 0 spiro atoms. The Bertz CT molecular complexity index is 921. The zero-order valence-corrected chi connectivity index (χ0v) is 16.4. The van der Waals surface area contributed by atoms with Crippen LogP contribution in [0.5, 0.6) is 5.75 Å². The van der Waals surface area contributed by atoms with E-state index in [4.69, 9.17) is 4.74 Å². The molecule has 1 aromatic heterocycles. The Morgan fingerprint density at radius 2 is 2.19 bits per heavy atom. The van der Waals surface area contributed by atoms with E-state index < -0.39 is 0 Å². The van der Waals surface area contributed by atoms with E-state index in [-0.39, 0.29) is 5.91 Å². The van der Waals surface area contributed by atoms with Gasteiger partial charge in [0.15, 0.2) is 0 Å². The van der Waals surface area contributed by atoms with E-state index in [1.54, 1.807) is 25.7 Å². The normalized spacial score (nSPS) is 10.8. The molecule has 0 atom stereocenters. The van der Waals surface area contributed by atoms with Gasteiger partial charge in [0, 0.05) is 28.6 Å². The minimum Gasteiger partial charge on any atom is -0.495 e. The zero-order valence-electron chi connectivity index (χ0n) is 14.2. The SMILES string of the molecule is COc1cc(/C=C/C(=O)NCc2cccc(I)c2)ccc1-n1ccnc1. The molecule has 0 bridgehead atoms. The van der Waals surface area contributed by atoms with E-state index in [2.05, 4.69) is 32.9 Å². The summed E-state index contributed by atoms with van der Waals surface area (Å²) >= 11 is 2.26. The molecule has 0 fully saturated rings. The summed E-state index contributed by atoms with van der Waals surface area (Å²) in [5.74, 6) is 0.575. The second-order valence-corrected chi connectivity index (χ2v) is 6.83. The first-order valence-electron chi connectivity index (χ1n) is 8.02. The van der Waals surface area contributed by atoms with Crippen molar-refractivity contribution in [3.8, 4) is 11.4 Å². The minimum absolute atomic E-state index is 0.137. The van der Waals surface area contributed by atoms with Gasteiger partial charge in [-0.25, -0.2) is 4.98 Å². The van der Waals surface area contributed by atoms with Crippen LogP contribution < -0.4 is 10.1 Å². The maximum atomic E-state index is 12.0. The molecular formula is C20H18IN3O2. The zero-order chi connectivity index (χ0) is 18.4. The Labute approximate surface area is 165 Å². The molecule has 132 valence electrons. The minimum atomic E-state index is -0.137. The van der Waals surface area contributed by atoms with Crippen LogP contribution in [0.1, 0.15) is 11.1 Å². The summed E-state index contributed by atoms with van der Waals surface area (Å²) in [6.07, 6.45) is 8.58. The van der Waals surface area contributed by atoms with Gasteiger partial charge in [-0.1, -0.05) is 18.2 Å². The van der Waals surface area contributed by atoms with Crippen molar-refractivity contribution in [1.29, 1.82) is 0 Å². The number of rotatable bonds is 6. The third-order valence-electron chi connectivity index (χ3n) is 3.77. The number of methoxy groups -OCH3 is 1. The predicted molar refractivity (Wildman–Crippen MR) is 110 cm³/mol. The number of nitrogens with zero attached hydrogens (tertiary/aromatic N) is 2. The lowest BCUT2D eigenvalue weighted by Gasteiger charge is -2.09. The van der Waals surface area contributed by atoms with Crippen LogP contribution in [0.15, 0.2) is 67.3 Å². The van der Waals surface area contributed by atoms with E-state index in [1.807, 2.05) is 53.2 Å². The number of nitrogens with one attached hydrogen (secondary N) is 1. The van der Waals surface area contributed by atoms with E-state index in [1.165, 1.54) is 6.08 Å². The molecule has 3 aromatic rings. The van der Waals surface area contributed by atoms with Crippen LogP contribution in [-0.2, 0) is 11.3 Å². The fraction of sp³-hybridized carbons (Fsp3) is 0.100. The molecule has 1 amide bonds. The summed E-state index contributed by atoms with van der Waals surface area (Å²) < 4.78 is 8.47. The summed E-state index contributed by atoms with van der Waals surface area (Å²) in [7, 11) is 1.62. The number of halogens is 1. The van der Waals surface area contributed by atoms with E-state index in [0.717, 1.165) is 20.4 Å². The van der Waals surface area contributed by atoms with Crippen LogP contribution >= 0.6 is 22.6 Å². The topological polar surface area (TPSA) is 56.1 Å². The van der Waals surface area contributed by atoms with Gasteiger partial charge in [0.25, 0.3) is 0 Å². The maximum Gasteiger partial charge on any atom is 0.244 e. The summed E-state index contributed by atoms with van der Waals surface area (Å²) in [5.41, 5.74) is 2.85. The number of carbonyl (C=O) groups is 1. The lowest BCUT2D eigenvalue weighted by molar-refractivity contribution is -0.116. The fourth-order valence-corrected chi connectivity index (χ4v) is 3.09. The quantitative estimate of drug-likeness (QED) is 0.451. The largest absolute Gasteiger partial charge is 0.495 e. The molecule has 0 aliphatic rings. The molecule has 0 saturated heterocycles. The number of carbonyl (C=O) groups excluding carboxylic acids is 1. The Balaban J connectivity index is 1.65. The van der Waals surface area contributed by atoms with Gasteiger partial charge in [-0.3, -0.25) is 4.79 Å². The Morgan fingerprint density at radius 1 is 1.31 bits per heavy atom. The van der Waals surface area contributed by atoms with Gasteiger partial charge in [-0.15, -0.1) is 0 Å². The van der Waals surface area contributed by atoms with Crippen LogP contribution in [0.4, 0.5) is 0 Å². The Kier molecular flexibility index (Phi) is 6.06. The molecule has 1 N–H and O–H groups in total. The average Bonchev–Trinajstić information content (AvgIpc) is 3.19. The highest BCUT2D eigenvalue weighted by molar-refractivity contribution is 14.1. The number of hydrogen-bond donors (Lipinski definition) is 1. The highest BCUT2D eigenvalue weighted by atomic mass is 127. The van der Waals surface area contributed by atoms with Crippen molar-refractivity contribution in [3.05, 3.63) is 82.0 Å².